The van der Waals surface area contributed by atoms with Gasteiger partial charge in [0.15, 0.2) is 0 Å². The Labute approximate surface area is 104 Å². The van der Waals surface area contributed by atoms with Crippen molar-refractivity contribution < 1.29 is 16.5 Å². The molecule has 0 saturated heterocycles. The van der Waals surface area contributed by atoms with Gasteiger partial charge >= 0.3 is 105 Å². The Morgan fingerprint density at radius 3 is 2.64 bits per heavy atom. The minimum atomic E-state index is -0.472. The molecule has 0 aliphatic rings. The SMILES string of the molecule is Nc1ncnc2[n-]c([Se])nc12.[Cl][Pt][Cl]. The van der Waals surface area contributed by atoms with Gasteiger partial charge in [-0.3, -0.25) is 0 Å². The summed E-state index contributed by atoms with van der Waals surface area (Å²) in [4.78, 5) is 15.6. The number of anilines is 1. The molecule has 0 unspecified atom stereocenters. The van der Waals surface area contributed by atoms with Crippen LogP contribution in [0.5, 0.6) is 0 Å². The van der Waals surface area contributed by atoms with Crippen molar-refractivity contribution in [3.8, 4) is 0 Å². The van der Waals surface area contributed by atoms with Crippen molar-refractivity contribution in [2.24, 2.45) is 0 Å². The van der Waals surface area contributed by atoms with Crippen LogP contribution in [0.2, 0.25) is 0 Å². The van der Waals surface area contributed by atoms with Gasteiger partial charge in [-0.2, -0.15) is 0 Å². The number of fused-ring (bicyclic) bond motifs is 1. The van der Waals surface area contributed by atoms with E-state index in [0.29, 0.717) is 21.7 Å². The van der Waals surface area contributed by atoms with Gasteiger partial charge < -0.3 is 0 Å². The molecule has 79 valence electrons. The van der Waals surface area contributed by atoms with E-state index in [4.69, 9.17) is 24.6 Å². The van der Waals surface area contributed by atoms with Crippen LogP contribution in [-0.2, 0) is 16.5 Å². The van der Waals surface area contributed by atoms with Gasteiger partial charge in [0.05, 0.1) is 0 Å². The molecule has 0 amide bonds. The number of nitrogens with zero attached hydrogens (tertiary/aromatic N) is 4. The predicted octanol–water partition coefficient (Wildman–Crippen LogP) is -0.266. The summed E-state index contributed by atoms with van der Waals surface area (Å²) in [5, 5.41) is 0. The van der Waals surface area contributed by atoms with Crippen LogP contribution in [0.1, 0.15) is 0 Å². The Balaban J connectivity index is 0.000000293. The Hall–Kier alpha value is 0.138. The summed E-state index contributed by atoms with van der Waals surface area (Å²) in [5.74, 6) is 0.365. The monoisotopic (exact) mass is 478 g/mol. The third-order valence-corrected chi connectivity index (χ3v) is 1.62. The van der Waals surface area contributed by atoms with Crippen molar-refractivity contribution in [1.82, 2.24) is 19.9 Å². The van der Waals surface area contributed by atoms with E-state index >= 15 is 0 Å². The average molecular weight is 478 g/mol. The van der Waals surface area contributed by atoms with Crippen LogP contribution in [0.15, 0.2) is 6.33 Å². The maximum atomic E-state index is 5.50. The molecule has 0 aromatic carbocycles. The van der Waals surface area contributed by atoms with Crippen molar-refractivity contribution in [3.05, 3.63) is 6.33 Å². The minimum absolute atomic E-state index is 0.365. The van der Waals surface area contributed by atoms with Gasteiger partial charge in [0.1, 0.15) is 0 Å². The van der Waals surface area contributed by atoms with Crippen molar-refractivity contribution >= 4 is 56.6 Å². The number of halogens is 2. The number of hydrogen-bond donors (Lipinski definition) is 1. The summed E-state index contributed by atoms with van der Waals surface area (Å²) in [6, 6.07) is 0. The van der Waals surface area contributed by atoms with Gasteiger partial charge in [-0.1, -0.05) is 0 Å². The first-order valence-electron chi connectivity index (χ1n) is 3.09. The van der Waals surface area contributed by atoms with Gasteiger partial charge in [-0.25, -0.2) is 0 Å². The molecule has 9 heteroatoms. The molecule has 5 nitrogen and oxygen atoms in total. The van der Waals surface area contributed by atoms with Crippen LogP contribution in [0, 0.1) is 0 Å². The van der Waals surface area contributed by atoms with Crippen molar-refractivity contribution in [1.29, 1.82) is 0 Å². The first-order chi connectivity index (χ1) is 6.69. The molecule has 0 aliphatic heterocycles. The van der Waals surface area contributed by atoms with E-state index < -0.39 is 16.5 Å². The number of aromatic nitrogens is 4. The molecule has 1 radical (unpaired) electrons. The number of imidazole rings is 1. The second-order valence-electron chi connectivity index (χ2n) is 1.98. The molecule has 14 heavy (non-hydrogen) atoms. The molecule has 2 heterocycles. The summed E-state index contributed by atoms with van der Waals surface area (Å²) in [6.45, 7) is 0. The van der Waals surface area contributed by atoms with Crippen LogP contribution < -0.4 is 15.4 Å². The maximum absolute atomic E-state index is 5.50. The Morgan fingerprint density at radius 2 is 2.07 bits per heavy atom. The topological polar surface area (TPSA) is 78.8 Å². The Morgan fingerprint density at radius 1 is 1.43 bits per heavy atom. The van der Waals surface area contributed by atoms with Crippen LogP contribution in [0.3, 0.4) is 0 Å². The predicted molar refractivity (Wildman–Crippen MR) is 52.2 cm³/mol. The summed E-state index contributed by atoms with van der Waals surface area (Å²) < 4.78 is 0.548. The van der Waals surface area contributed by atoms with Gasteiger partial charge in [0.2, 0.25) is 0 Å². The summed E-state index contributed by atoms with van der Waals surface area (Å²) in [7, 11) is 9.75. The molecule has 0 fully saturated rings. The van der Waals surface area contributed by atoms with E-state index in [1.165, 1.54) is 6.33 Å². The zero-order valence-corrected chi connectivity index (χ0v) is 11.9. The number of nitrogen functional groups attached to an aromatic ring is 1. The van der Waals surface area contributed by atoms with E-state index in [9.17, 15) is 0 Å². The van der Waals surface area contributed by atoms with E-state index in [0.717, 1.165) is 0 Å². The fraction of sp³-hybridized carbons (Fsp3) is 0. The van der Waals surface area contributed by atoms with E-state index in [1.54, 1.807) is 0 Å². The first-order valence-corrected chi connectivity index (χ1v) is 9.58. The van der Waals surface area contributed by atoms with Gasteiger partial charge in [-0.05, 0) is 0 Å². The second kappa shape index (κ2) is 5.88. The molecule has 0 bridgehead atoms. The third kappa shape index (κ3) is 3.07. The number of rotatable bonds is 0. The summed E-state index contributed by atoms with van der Waals surface area (Å²) >= 11 is 2.20. The van der Waals surface area contributed by atoms with Gasteiger partial charge in [0, 0.05) is 0 Å². The molecule has 2 rings (SSSR count). The third-order valence-electron chi connectivity index (χ3n) is 1.24. The molecule has 2 N–H and O–H groups in total. The quantitative estimate of drug-likeness (QED) is 0.529. The summed E-state index contributed by atoms with van der Waals surface area (Å²) in [6.07, 6.45) is 1.37. The first kappa shape index (κ1) is 12.2. The van der Waals surface area contributed by atoms with Crippen molar-refractivity contribution in [2.75, 3.05) is 5.73 Å². The van der Waals surface area contributed by atoms with Crippen LogP contribution in [0.25, 0.3) is 11.2 Å². The van der Waals surface area contributed by atoms with E-state index in [1.807, 2.05) is 0 Å². The second-order valence-corrected chi connectivity index (χ2v) is 6.03. The molecular formula is C5H3Cl2N5PtSe-. The number of nitrogens with two attached hydrogens (primary N) is 1. The Kier molecular flexibility index (Phi) is 5.13. The normalized spacial score (nSPS) is 9.86. The van der Waals surface area contributed by atoms with Crippen LogP contribution >= 0.6 is 18.8 Å². The molecule has 0 aliphatic carbocycles. The number of hydrogen-bond acceptors (Lipinski definition) is 4. The summed E-state index contributed by atoms with van der Waals surface area (Å²) in [5.41, 5.74) is 6.59. The average Bonchev–Trinajstić information content (AvgIpc) is 2.48. The zero-order valence-electron chi connectivity index (χ0n) is 6.42. The van der Waals surface area contributed by atoms with Gasteiger partial charge in [-0.15, -0.1) is 0 Å². The molecule has 2 aromatic rings. The van der Waals surface area contributed by atoms with E-state index in [-0.39, 0.29) is 0 Å². The van der Waals surface area contributed by atoms with Gasteiger partial charge in [0.25, 0.3) is 0 Å². The molecule has 0 atom stereocenters. The van der Waals surface area contributed by atoms with Crippen LogP contribution in [0.4, 0.5) is 5.82 Å². The standard InChI is InChI=1S/C5H3N5Se.2ClH.Pt/c6-3-2-4(8-1-7-3)10-5(11)9-2;;;/h1H,(H2-,6,7,8,9,10);2*1H;/q-1;;;+2/p-2. The fourth-order valence-corrected chi connectivity index (χ4v) is 1.16. The van der Waals surface area contributed by atoms with Crippen LogP contribution in [-0.4, -0.2) is 31.0 Å². The van der Waals surface area contributed by atoms with E-state index in [2.05, 4.69) is 35.9 Å². The van der Waals surface area contributed by atoms with Crippen molar-refractivity contribution in [3.63, 3.8) is 0 Å². The molecule has 2 aromatic heterocycles. The fourth-order valence-electron chi connectivity index (χ4n) is 0.783. The Bertz CT molecular complexity index is 421. The van der Waals surface area contributed by atoms with Crippen molar-refractivity contribution in [2.45, 2.75) is 0 Å². The zero-order chi connectivity index (χ0) is 10.6. The molecular weight excluding hydrogens is 475 g/mol. The molecule has 0 saturated carbocycles. The molecule has 0 spiro atoms.